The molecular weight excluding hydrogens is 260 g/mol. The van der Waals surface area contributed by atoms with Crippen molar-refractivity contribution in [3.8, 4) is 0 Å². The van der Waals surface area contributed by atoms with Gasteiger partial charge in [0.15, 0.2) is 0 Å². The fourth-order valence-electron chi connectivity index (χ4n) is 0.942. The molecule has 15 heavy (non-hydrogen) atoms. The molecule has 0 fully saturated rings. The van der Waals surface area contributed by atoms with Crippen molar-refractivity contribution in [2.45, 2.75) is 19.4 Å². The Morgan fingerprint density at radius 3 is 2.87 bits per heavy atom. The lowest BCUT2D eigenvalue weighted by molar-refractivity contribution is 0.0694. The van der Waals surface area contributed by atoms with E-state index in [1.54, 1.807) is 32.2 Å². The van der Waals surface area contributed by atoms with E-state index in [0.29, 0.717) is 10.2 Å². The first-order valence-corrected chi connectivity index (χ1v) is 5.30. The minimum atomic E-state index is -0.903. The second kappa shape index (κ2) is 4.72. The van der Waals surface area contributed by atoms with E-state index < -0.39 is 5.60 Å². The third-order valence-electron chi connectivity index (χ3n) is 1.67. The topological polar surface area (TPSA) is 62.2 Å². The van der Waals surface area contributed by atoms with Gasteiger partial charge >= 0.3 is 0 Å². The van der Waals surface area contributed by atoms with E-state index in [1.165, 1.54) is 0 Å². The lowest BCUT2D eigenvalue weighted by atomic mass is 10.1. The van der Waals surface area contributed by atoms with Crippen LogP contribution in [0.15, 0.2) is 22.9 Å². The van der Waals surface area contributed by atoms with Gasteiger partial charge in [-0.05, 0) is 41.9 Å². The van der Waals surface area contributed by atoms with Crippen molar-refractivity contribution in [2.75, 3.05) is 6.54 Å². The summed E-state index contributed by atoms with van der Waals surface area (Å²) in [7, 11) is 0. The van der Waals surface area contributed by atoms with E-state index in [9.17, 15) is 9.90 Å². The molecule has 0 unspecified atom stereocenters. The number of carbonyl (C=O) groups is 1. The highest BCUT2D eigenvalue weighted by Gasteiger charge is 2.14. The number of nitrogens with zero attached hydrogens (tertiary/aromatic N) is 1. The molecule has 1 aromatic rings. The van der Waals surface area contributed by atoms with Crippen LogP contribution < -0.4 is 5.32 Å². The number of nitrogens with one attached hydrogen (secondary N) is 1. The number of hydrogen-bond acceptors (Lipinski definition) is 3. The number of carbonyl (C=O) groups excluding carboxylic acids is 1. The van der Waals surface area contributed by atoms with Crippen LogP contribution in [0.3, 0.4) is 0 Å². The van der Waals surface area contributed by atoms with Crippen molar-refractivity contribution in [1.82, 2.24) is 10.3 Å². The van der Waals surface area contributed by atoms with Gasteiger partial charge in [0, 0.05) is 18.3 Å². The van der Waals surface area contributed by atoms with Crippen LogP contribution in [0.4, 0.5) is 0 Å². The predicted octanol–water partition coefficient (Wildman–Crippen LogP) is 1.34. The van der Waals surface area contributed by atoms with E-state index in [4.69, 9.17) is 0 Å². The molecule has 5 heteroatoms. The summed E-state index contributed by atoms with van der Waals surface area (Å²) in [6, 6.07) is 3.24. The molecule has 0 aliphatic heterocycles. The molecule has 2 N–H and O–H groups in total. The van der Waals surface area contributed by atoms with Crippen LogP contribution in [-0.4, -0.2) is 28.1 Å². The van der Waals surface area contributed by atoms with E-state index in [1.807, 2.05) is 0 Å². The SMILES string of the molecule is CC(C)(O)CNC(=O)c1ccnc(Br)c1. The molecule has 0 aromatic carbocycles. The Labute approximate surface area is 96.8 Å². The summed E-state index contributed by atoms with van der Waals surface area (Å²) in [5.41, 5.74) is -0.388. The van der Waals surface area contributed by atoms with Crippen LogP contribution in [0.2, 0.25) is 0 Å². The fraction of sp³-hybridized carbons (Fsp3) is 0.400. The molecule has 1 amide bonds. The minimum Gasteiger partial charge on any atom is -0.389 e. The van der Waals surface area contributed by atoms with Crippen molar-refractivity contribution in [2.24, 2.45) is 0 Å². The second-order valence-corrected chi connectivity index (χ2v) is 4.67. The maximum absolute atomic E-state index is 11.6. The van der Waals surface area contributed by atoms with Crippen LogP contribution in [0.1, 0.15) is 24.2 Å². The maximum Gasteiger partial charge on any atom is 0.251 e. The molecular formula is C10H13BrN2O2. The largest absolute Gasteiger partial charge is 0.389 e. The van der Waals surface area contributed by atoms with Gasteiger partial charge in [0.1, 0.15) is 4.60 Å². The van der Waals surface area contributed by atoms with Crippen LogP contribution in [-0.2, 0) is 0 Å². The monoisotopic (exact) mass is 272 g/mol. The number of halogens is 1. The van der Waals surface area contributed by atoms with Gasteiger partial charge in [-0.2, -0.15) is 0 Å². The van der Waals surface area contributed by atoms with Crippen LogP contribution in [0, 0.1) is 0 Å². The first-order valence-electron chi connectivity index (χ1n) is 4.50. The number of aromatic nitrogens is 1. The van der Waals surface area contributed by atoms with Crippen molar-refractivity contribution < 1.29 is 9.90 Å². The van der Waals surface area contributed by atoms with Gasteiger partial charge in [0.2, 0.25) is 0 Å². The normalized spacial score (nSPS) is 11.2. The molecule has 0 radical (unpaired) electrons. The smallest absolute Gasteiger partial charge is 0.251 e. The van der Waals surface area contributed by atoms with Gasteiger partial charge < -0.3 is 10.4 Å². The molecule has 1 aromatic heterocycles. The van der Waals surface area contributed by atoms with Gasteiger partial charge in [0.25, 0.3) is 5.91 Å². The van der Waals surface area contributed by atoms with E-state index in [-0.39, 0.29) is 12.5 Å². The molecule has 0 saturated heterocycles. The summed E-state index contributed by atoms with van der Waals surface area (Å²) >= 11 is 3.18. The summed E-state index contributed by atoms with van der Waals surface area (Å²) in [5.74, 6) is -0.222. The molecule has 0 bridgehead atoms. The Hall–Kier alpha value is -0.940. The molecule has 1 heterocycles. The van der Waals surface area contributed by atoms with Crippen LogP contribution in [0.25, 0.3) is 0 Å². The number of rotatable bonds is 3. The quantitative estimate of drug-likeness (QED) is 0.817. The fourth-order valence-corrected chi connectivity index (χ4v) is 1.31. The van der Waals surface area contributed by atoms with Gasteiger partial charge in [-0.1, -0.05) is 0 Å². The highest BCUT2D eigenvalue weighted by atomic mass is 79.9. The first kappa shape index (κ1) is 12.1. The average Bonchev–Trinajstić information content (AvgIpc) is 2.13. The zero-order valence-corrected chi connectivity index (χ0v) is 10.2. The number of amides is 1. The van der Waals surface area contributed by atoms with Crippen LogP contribution >= 0.6 is 15.9 Å². The highest BCUT2D eigenvalue weighted by molar-refractivity contribution is 9.10. The Kier molecular flexibility index (Phi) is 3.82. The third kappa shape index (κ3) is 4.40. The number of hydrogen-bond donors (Lipinski definition) is 2. The van der Waals surface area contributed by atoms with E-state index in [2.05, 4.69) is 26.2 Å². The molecule has 0 spiro atoms. The first-order chi connectivity index (χ1) is 6.88. The van der Waals surface area contributed by atoms with Crippen molar-refractivity contribution in [1.29, 1.82) is 0 Å². The molecule has 1 rings (SSSR count). The van der Waals surface area contributed by atoms with Crippen molar-refractivity contribution >= 4 is 21.8 Å². The predicted molar refractivity (Wildman–Crippen MR) is 60.6 cm³/mol. The Bertz CT molecular complexity index is 361. The van der Waals surface area contributed by atoms with Crippen LogP contribution in [0.5, 0.6) is 0 Å². The molecule has 0 aliphatic carbocycles. The van der Waals surface area contributed by atoms with Gasteiger partial charge in [0.05, 0.1) is 5.60 Å². The Morgan fingerprint density at radius 1 is 1.67 bits per heavy atom. The zero-order chi connectivity index (χ0) is 11.5. The lowest BCUT2D eigenvalue weighted by Gasteiger charge is -2.17. The number of pyridine rings is 1. The molecule has 0 atom stereocenters. The summed E-state index contributed by atoms with van der Waals surface area (Å²) in [5, 5.41) is 12.1. The average molecular weight is 273 g/mol. The maximum atomic E-state index is 11.6. The second-order valence-electron chi connectivity index (χ2n) is 3.86. The highest BCUT2D eigenvalue weighted by Crippen LogP contribution is 2.08. The summed E-state index contributed by atoms with van der Waals surface area (Å²) in [4.78, 5) is 15.5. The number of aliphatic hydroxyl groups is 1. The molecule has 0 aliphatic rings. The lowest BCUT2D eigenvalue weighted by Crippen LogP contribution is -2.38. The van der Waals surface area contributed by atoms with Gasteiger partial charge in [-0.3, -0.25) is 4.79 Å². The standard InChI is InChI=1S/C10H13BrN2O2/c1-10(2,15)6-13-9(14)7-3-4-12-8(11)5-7/h3-5,15H,6H2,1-2H3,(H,13,14). The van der Waals surface area contributed by atoms with Gasteiger partial charge in [-0.25, -0.2) is 4.98 Å². The minimum absolute atomic E-state index is 0.214. The Morgan fingerprint density at radius 2 is 2.33 bits per heavy atom. The molecule has 0 saturated carbocycles. The van der Waals surface area contributed by atoms with E-state index >= 15 is 0 Å². The molecule has 4 nitrogen and oxygen atoms in total. The summed E-state index contributed by atoms with van der Waals surface area (Å²) in [6.45, 7) is 3.48. The third-order valence-corrected chi connectivity index (χ3v) is 2.10. The van der Waals surface area contributed by atoms with Crippen molar-refractivity contribution in [3.63, 3.8) is 0 Å². The Balaban J connectivity index is 2.62. The zero-order valence-electron chi connectivity index (χ0n) is 8.62. The summed E-state index contributed by atoms with van der Waals surface area (Å²) < 4.78 is 0.610. The van der Waals surface area contributed by atoms with Crippen molar-refractivity contribution in [3.05, 3.63) is 28.5 Å². The van der Waals surface area contributed by atoms with Gasteiger partial charge in [-0.15, -0.1) is 0 Å². The van der Waals surface area contributed by atoms with E-state index in [0.717, 1.165) is 0 Å². The molecule has 82 valence electrons. The summed E-state index contributed by atoms with van der Waals surface area (Å²) in [6.07, 6.45) is 1.54.